The lowest BCUT2D eigenvalue weighted by molar-refractivity contribution is -0.119. The van der Waals surface area contributed by atoms with Crippen molar-refractivity contribution in [3.05, 3.63) is 66.2 Å². The predicted octanol–water partition coefficient (Wildman–Crippen LogP) is 4.82. The van der Waals surface area contributed by atoms with E-state index >= 15 is 0 Å². The summed E-state index contributed by atoms with van der Waals surface area (Å²) < 4.78 is 0. The molecule has 1 heterocycles. The molecule has 0 radical (unpaired) electrons. The summed E-state index contributed by atoms with van der Waals surface area (Å²) in [5, 5.41) is 3.55. The second kappa shape index (κ2) is 10.3. The first-order valence-corrected chi connectivity index (χ1v) is 10.4. The Bertz CT molecular complexity index is 680. The number of rotatable bonds is 8. The average Bonchev–Trinajstić information content (AvgIpc) is 2.75. The van der Waals surface area contributed by atoms with Crippen molar-refractivity contribution in [3.63, 3.8) is 0 Å². The summed E-state index contributed by atoms with van der Waals surface area (Å²) in [5.74, 6) is 0.752. The van der Waals surface area contributed by atoms with E-state index in [1.807, 2.05) is 25.1 Å². The van der Waals surface area contributed by atoms with Gasteiger partial charge in [0.1, 0.15) is 0 Å². The van der Waals surface area contributed by atoms with Crippen LogP contribution < -0.4 is 10.2 Å². The summed E-state index contributed by atoms with van der Waals surface area (Å²) >= 11 is 0. The van der Waals surface area contributed by atoms with Crippen LogP contribution in [0, 0.1) is 5.92 Å². The quantitative estimate of drug-likeness (QED) is 0.728. The second-order valence-corrected chi connectivity index (χ2v) is 7.50. The molecule has 0 spiro atoms. The van der Waals surface area contributed by atoms with Gasteiger partial charge in [0.15, 0.2) is 0 Å². The Labute approximate surface area is 163 Å². The highest BCUT2D eigenvalue weighted by Gasteiger charge is 2.31. The van der Waals surface area contributed by atoms with E-state index in [2.05, 4.69) is 52.7 Å². The minimum absolute atomic E-state index is 0.233. The molecule has 3 heteroatoms. The number of amides is 1. The number of nitrogens with zero attached hydrogens (tertiary/aromatic N) is 1. The molecular formula is C24H32N2O. The first-order valence-electron chi connectivity index (χ1n) is 10.4. The Hall–Kier alpha value is -2.13. The molecule has 1 N–H and O–H groups in total. The maximum Gasteiger partial charge on any atom is 0.226 e. The molecule has 1 aliphatic rings. The number of hydrogen-bond acceptors (Lipinski definition) is 2. The van der Waals surface area contributed by atoms with Crippen molar-refractivity contribution in [2.75, 3.05) is 18.0 Å². The second-order valence-electron chi connectivity index (χ2n) is 7.50. The van der Waals surface area contributed by atoms with Gasteiger partial charge in [0, 0.05) is 18.2 Å². The Morgan fingerprint density at radius 1 is 1.11 bits per heavy atom. The van der Waals surface area contributed by atoms with Gasteiger partial charge in [-0.05, 0) is 68.8 Å². The number of piperidine rings is 1. The van der Waals surface area contributed by atoms with Crippen LogP contribution in [0.3, 0.4) is 0 Å². The summed E-state index contributed by atoms with van der Waals surface area (Å²) in [6.45, 7) is 4.08. The van der Waals surface area contributed by atoms with Crippen LogP contribution in [-0.4, -0.2) is 25.0 Å². The zero-order chi connectivity index (χ0) is 18.9. The third-order valence-corrected chi connectivity index (χ3v) is 5.62. The molecule has 1 aliphatic heterocycles. The van der Waals surface area contributed by atoms with Gasteiger partial charge in [-0.1, -0.05) is 55.5 Å². The Morgan fingerprint density at radius 2 is 1.81 bits per heavy atom. The monoisotopic (exact) mass is 364 g/mol. The molecule has 2 aromatic carbocycles. The molecule has 3 nitrogen and oxygen atoms in total. The summed E-state index contributed by atoms with van der Waals surface area (Å²) in [5.41, 5.74) is 2.42. The van der Waals surface area contributed by atoms with E-state index in [9.17, 15) is 4.79 Å². The molecule has 1 saturated heterocycles. The minimum atomic E-state index is 0.233. The van der Waals surface area contributed by atoms with E-state index in [0.29, 0.717) is 12.3 Å². The maximum absolute atomic E-state index is 12.9. The lowest BCUT2D eigenvalue weighted by Crippen LogP contribution is -2.49. The van der Waals surface area contributed by atoms with Crippen molar-refractivity contribution < 1.29 is 4.79 Å². The van der Waals surface area contributed by atoms with Crippen molar-refractivity contribution in [2.45, 2.75) is 51.5 Å². The fourth-order valence-corrected chi connectivity index (χ4v) is 4.22. The van der Waals surface area contributed by atoms with Crippen LogP contribution in [0.2, 0.25) is 0 Å². The van der Waals surface area contributed by atoms with Gasteiger partial charge in [-0.15, -0.1) is 0 Å². The highest BCUT2D eigenvalue weighted by atomic mass is 16.2. The SMILES string of the molecule is CCC(=O)N(c1ccccc1)C(CCCc1ccccc1)C1CCCNC1. The van der Waals surface area contributed by atoms with Crippen LogP contribution in [0.1, 0.15) is 44.6 Å². The summed E-state index contributed by atoms with van der Waals surface area (Å²) in [6, 6.07) is 21.2. The third kappa shape index (κ3) is 5.43. The van der Waals surface area contributed by atoms with Crippen molar-refractivity contribution in [3.8, 4) is 0 Å². The molecule has 0 aromatic heterocycles. The van der Waals surface area contributed by atoms with Crippen LogP contribution in [-0.2, 0) is 11.2 Å². The predicted molar refractivity (Wildman–Crippen MR) is 113 cm³/mol. The average molecular weight is 365 g/mol. The smallest absolute Gasteiger partial charge is 0.226 e. The third-order valence-electron chi connectivity index (χ3n) is 5.62. The van der Waals surface area contributed by atoms with Crippen LogP contribution in [0.5, 0.6) is 0 Å². The number of para-hydroxylation sites is 1. The van der Waals surface area contributed by atoms with Gasteiger partial charge in [0.2, 0.25) is 5.91 Å². The Kier molecular flexibility index (Phi) is 7.46. The number of aryl methyl sites for hydroxylation is 1. The number of carbonyl (C=O) groups excluding carboxylic acids is 1. The van der Waals surface area contributed by atoms with Gasteiger partial charge in [-0.3, -0.25) is 4.79 Å². The van der Waals surface area contributed by atoms with E-state index in [1.54, 1.807) is 0 Å². The Balaban J connectivity index is 1.78. The number of hydrogen-bond donors (Lipinski definition) is 1. The van der Waals surface area contributed by atoms with Crippen LogP contribution >= 0.6 is 0 Å². The summed E-state index contributed by atoms with van der Waals surface area (Å²) in [4.78, 5) is 15.0. The van der Waals surface area contributed by atoms with Crippen molar-refractivity contribution in [1.29, 1.82) is 0 Å². The highest BCUT2D eigenvalue weighted by Crippen LogP contribution is 2.29. The lowest BCUT2D eigenvalue weighted by atomic mass is 9.86. The largest absolute Gasteiger partial charge is 0.316 e. The van der Waals surface area contributed by atoms with Crippen molar-refractivity contribution in [1.82, 2.24) is 5.32 Å². The Morgan fingerprint density at radius 3 is 2.44 bits per heavy atom. The first-order chi connectivity index (χ1) is 13.3. The van der Waals surface area contributed by atoms with Gasteiger partial charge < -0.3 is 10.2 Å². The number of benzene rings is 2. The fraction of sp³-hybridized carbons (Fsp3) is 0.458. The molecule has 0 aliphatic carbocycles. The fourth-order valence-electron chi connectivity index (χ4n) is 4.22. The van der Waals surface area contributed by atoms with Crippen LogP contribution in [0.15, 0.2) is 60.7 Å². The summed E-state index contributed by atoms with van der Waals surface area (Å²) in [6.07, 6.45) is 6.16. The molecule has 2 aromatic rings. The van der Waals surface area contributed by atoms with Crippen LogP contribution in [0.25, 0.3) is 0 Å². The lowest BCUT2D eigenvalue weighted by Gasteiger charge is -2.39. The molecular weight excluding hydrogens is 332 g/mol. The highest BCUT2D eigenvalue weighted by molar-refractivity contribution is 5.93. The van der Waals surface area contributed by atoms with Crippen LogP contribution in [0.4, 0.5) is 5.69 Å². The van der Waals surface area contributed by atoms with Gasteiger partial charge in [0.05, 0.1) is 0 Å². The van der Waals surface area contributed by atoms with E-state index in [0.717, 1.165) is 38.0 Å². The zero-order valence-electron chi connectivity index (χ0n) is 16.4. The van der Waals surface area contributed by atoms with E-state index < -0.39 is 0 Å². The first kappa shape index (κ1) is 19.6. The number of nitrogens with one attached hydrogen (secondary N) is 1. The molecule has 27 heavy (non-hydrogen) atoms. The van der Waals surface area contributed by atoms with Crippen molar-refractivity contribution >= 4 is 11.6 Å². The molecule has 0 bridgehead atoms. The number of carbonyl (C=O) groups is 1. The van der Waals surface area contributed by atoms with Gasteiger partial charge in [-0.2, -0.15) is 0 Å². The van der Waals surface area contributed by atoms with E-state index in [4.69, 9.17) is 0 Å². The molecule has 0 saturated carbocycles. The van der Waals surface area contributed by atoms with E-state index in [1.165, 1.54) is 18.4 Å². The summed E-state index contributed by atoms with van der Waals surface area (Å²) in [7, 11) is 0. The molecule has 3 rings (SSSR count). The van der Waals surface area contributed by atoms with Crippen molar-refractivity contribution in [2.24, 2.45) is 5.92 Å². The zero-order valence-corrected chi connectivity index (χ0v) is 16.4. The topological polar surface area (TPSA) is 32.3 Å². The molecule has 1 fully saturated rings. The molecule has 144 valence electrons. The van der Waals surface area contributed by atoms with Gasteiger partial charge in [0.25, 0.3) is 0 Å². The number of anilines is 1. The van der Waals surface area contributed by atoms with E-state index in [-0.39, 0.29) is 11.9 Å². The minimum Gasteiger partial charge on any atom is -0.316 e. The molecule has 2 atom stereocenters. The normalized spacial score (nSPS) is 18.0. The molecule has 2 unspecified atom stereocenters. The maximum atomic E-state index is 12.9. The van der Waals surface area contributed by atoms with Gasteiger partial charge in [-0.25, -0.2) is 0 Å². The standard InChI is InChI=1S/C24H32N2O/c1-2-24(27)26(22-15-7-4-8-16-22)23(21-14-10-18-25-19-21)17-9-13-20-11-5-3-6-12-20/h3-8,11-12,15-16,21,23,25H,2,9-10,13-14,17-19H2,1H3. The molecule has 1 amide bonds. The van der Waals surface area contributed by atoms with Gasteiger partial charge >= 0.3 is 0 Å².